The second-order valence-electron chi connectivity index (χ2n) is 4.38. The standard InChI is InChI=1S/C12H13N3O2/c1-12(2)7-5-3-4-6-8(7)15-10(12)9(13)11(16)17-14/h3-6,13H,14H2,1-2H3. The molecule has 0 atom stereocenters. The molecule has 2 rings (SSSR count). The number of para-hydroxylation sites is 1. The number of nitrogens with two attached hydrogens (primary N) is 1. The maximum Gasteiger partial charge on any atom is 0.376 e. The molecule has 0 aromatic heterocycles. The summed E-state index contributed by atoms with van der Waals surface area (Å²) in [4.78, 5) is 19.7. The molecule has 0 bridgehead atoms. The molecule has 1 aliphatic heterocycles. The summed E-state index contributed by atoms with van der Waals surface area (Å²) in [6, 6.07) is 7.56. The molecule has 5 heteroatoms. The number of fused-ring (bicyclic) bond motifs is 1. The van der Waals surface area contributed by atoms with Crippen LogP contribution in [-0.2, 0) is 15.0 Å². The summed E-state index contributed by atoms with van der Waals surface area (Å²) in [5.74, 6) is 3.92. The van der Waals surface area contributed by atoms with Gasteiger partial charge in [0.05, 0.1) is 11.4 Å². The van der Waals surface area contributed by atoms with Gasteiger partial charge in [-0.15, -0.1) is 0 Å². The topological polar surface area (TPSA) is 88.5 Å². The molecule has 0 fully saturated rings. The van der Waals surface area contributed by atoms with Crippen molar-refractivity contribution in [2.45, 2.75) is 19.3 Å². The number of rotatable bonds is 2. The van der Waals surface area contributed by atoms with E-state index in [-0.39, 0.29) is 5.71 Å². The van der Waals surface area contributed by atoms with Crippen LogP contribution in [0.25, 0.3) is 0 Å². The Morgan fingerprint density at radius 1 is 1.41 bits per heavy atom. The third-order valence-electron chi connectivity index (χ3n) is 2.95. The van der Waals surface area contributed by atoms with Crippen LogP contribution >= 0.6 is 0 Å². The Balaban J connectivity index is 2.47. The molecule has 0 aliphatic carbocycles. The van der Waals surface area contributed by atoms with Crippen LogP contribution in [0.4, 0.5) is 5.69 Å². The van der Waals surface area contributed by atoms with Crippen molar-refractivity contribution in [1.29, 1.82) is 5.41 Å². The Bertz CT molecular complexity index is 532. The minimum Gasteiger partial charge on any atom is -0.368 e. The quantitative estimate of drug-likeness (QED) is 0.597. The molecule has 1 aromatic rings. The molecule has 3 N–H and O–H groups in total. The van der Waals surface area contributed by atoms with Crippen LogP contribution in [0.5, 0.6) is 0 Å². The minimum absolute atomic E-state index is 0.298. The molecule has 1 heterocycles. The van der Waals surface area contributed by atoms with Gasteiger partial charge < -0.3 is 4.84 Å². The first-order valence-electron chi connectivity index (χ1n) is 5.17. The molecule has 5 nitrogen and oxygen atoms in total. The van der Waals surface area contributed by atoms with Gasteiger partial charge in [-0.2, -0.15) is 5.90 Å². The lowest BCUT2D eigenvalue weighted by molar-refractivity contribution is -0.135. The molecule has 0 amide bonds. The van der Waals surface area contributed by atoms with Crippen LogP contribution in [0, 0.1) is 5.41 Å². The van der Waals surface area contributed by atoms with Crippen molar-refractivity contribution < 1.29 is 9.63 Å². The number of carbonyl (C=O) groups excluding carboxylic acids is 1. The Kier molecular flexibility index (Phi) is 2.55. The zero-order valence-corrected chi connectivity index (χ0v) is 9.65. The summed E-state index contributed by atoms with van der Waals surface area (Å²) in [7, 11) is 0. The predicted octanol–water partition coefficient (Wildman–Crippen LogP) is 1.49. The highest BCUT2D eigenvalue weighted by Gasteiger charge is 2.39. The van der Waals surface area contributed by atoms with Crippen LogP contribution < -0.4 is 5.90 Å². The summed E-state index contributed by atoms with van der Waals surface area (Å²) in [5, 5.41) is 7.74. The molecule has 1 aliphatic rings. The highest BCUT2D eigenvalue weighted by Crippen LogP contribution is 2.39. The minimum atomic E-state index is -0.871. The van der Waals surface area contributed by atoms with Crippen molar-refractivity contribution in [3.63, 3.8) is 0 Å². The maximum atomic E-state index is 11.3. The van der Waals surface area contributed by atoms with Crippen molar-refractivity contribution in [2.75, 3.05) is 0 Å². The van der Waals surface area contributed by atoms with Crippen LogP contribution in [0.2, 0.25) is 0 Å². The molecular weight excluding hydrogens is 218 g/mol. The van der Waals surface area contributed by atoms with Crippen molar-refractivity contribution in [3.05, 3.63) is 29.8 Å². The molecule has 0 radical (unpaired) electrons. The molecule has 17 heavy (non-hydrogen) atoms. The predicted molar refractivity (Wildman–Crippen MR) is 64.6 cm³/mol. The SMILES string of the molecule is CC1(C)C(C(=N)C(=O)ON)=Nc2ccccc21. The normalized spacial score (nSPS) is 16.1. The number of hydrogen-bond acceptors (Lipinski definition) is 5. The summed E-state index contributed by atoms with van der Waals surface area (Å²) in [6.45, 7) is 3.83. The lowest BCUT2D eigenvalue weighted by Gasteiger charge is -2.21. The lowest BCUT2D eigenvalue weighted by atomic mass is 9.80. The fourth-order valence-electron chi connectivity index (χ4n) is 2.01. The molecular formula is C12H13N3O2. The third kappa shape index (κ3) is 1.64. The van der Waals surface area contributed by atoms with Crippen molar-refractivity contribution in [3.8, 4) is 0 Å². The van der Waals surface area contributed by atoms with Gasteiger partial charge in [0.1, 0.15) is 0 Å². The smallest absolute Gasteiger partial charge is 0.368 e. The van der Waals surface area contributed by atoms with E-state index in [9.17, 15) is 4.79 Å². The lowest BCUT2D eigenvalue weighted by Crippen LogP contribution is -2.37. The second kappa shape index (κ2) is 3.78. The monoisotopic (exact) mass is 231 g/mol. The van der Waals surface area contributed by atoms with E-state index in [1.54, 1.807) is 0 Å². The summed E-state index contributed by atoms with van der Waals surface area (Å²) >= 11 is 0. The molecule has 88 valence electrons. The molecule has 0 saturated heterocycles. The molecule has 0 unspecified atom stereocenters. The highest BCUT2D eigenvalue weighted by atomic mass is 16.7. The fraction of sp³-hybridized carbons (Fsp3) is 0.250. The number of nitrogens with zero attached hydrogens (tertiary/aromatic N) is 1. The van der Waals surface area contributed by atoms with Crippen molar-refractivity contribution in [1.82, 2.24) is 0 Å². The zero-order chi connectivity index (χ0) is 12.6. The first kappa shape index (κ1) is 11.5. The summed E-state index contributed by atoms with van der Waals surface area (Å²) in [5.41, 5.74) is 1.37. The molecule has 0 spiro atoms. The third-order valence-corrected chi connectivity index (χ3v) is 2.95. The van der Waals surface area contributed by atoms with Gasteiger partial charge in [0, 0.05) is 5.41 Å². The van der Waals surface area contributed by atoms with Crippen LogP contribution in [0.3, 0.4) is 0 Å². The van der Waals surface area contributed by atoms with Gasteiger partial charge in [-0.05, 0) is 25.5 Å². The van der Waals surface area contributed by atoms with Gasteiger partial charge in [-0.25, -0.2) is 9.79 Å². The Morgan fingerprint density at radius 3 is 2.65 bits per heavy atom. The van der Waals surface area contributed by atoms with E-state index in [0.717, 1.165) is 11.3 Å². The van der Waals surface area contributed by atoms with E-state index < -0.39 is 11.4 Å². The van der Waals surface area contributed by atoms with E-state index in [2.05, 4.69) is 9.83 Å². The Labute approximate surface area is 98.8 Å². The first-order valence-corrected chi connectivity index (χ1v) is 5.17. The average Bonchev–Trinajstić information content (AvgIpc) is 2.60. The van der Waals surface area contributed by atoms with Crippen molar-refractivity contribution >= 4 is 23.1 Å². The van der Waals surface area contributed by atoms with E-state index >= 15 is 0 Å². The Morgan fingerprint density at radius 2 is 2.06 bits per heavy atom. The van der Waals surface area contributed by atoms with Gasteiger partial charge in [-0.1, -0.05) is 18.2 Å². The van der Waals surface area contributed by atoms with Gasteiger partial charge in [-0.3, -0.25) is 5.41 Å². The number of carbonyl (C=O) groups is 1. The molecule has 0 saturated carbocycles. The largest absolute Gasteiger partial charge is 0.376 e. The second-order valence-corrected chi connectivity index (χ2v) is 4.38. The fourth-order valence-corrected chi connectivity index (χ4v) is 2.01. The van der Waals surface area contributed by atoms with E-state index in [4.69, 9.17) is 11.3 Å². The zero-order valence-electron chi connectivity index (χ0n) is 9.65. The van der Waals surface area contributed by atoms with Gasteiger partial charge in [0.25, 0.3) is 0 Å². The van der Waals surface area contributed by atoms with E-state index in [1.165, 1.54) is 0 Å². The van der Waals surface area contributed by atoms with E-state index in [1.807, 2.05) is 38.1 Å². The van der Waals surface area contributed by atoms with Gasteiger partial charge in [0.15, 0.2) is 5.71 Å². The van der Waals surface area contributed by atoms with Gasteiger partial charge in [0.2, 0.25) is 0 Å². The summed E-state index contributed by atoms with van der Waals surface area (Å²) < 4.78 is 0. The van der Waals surface area contributed by atoms with Crippen LogP contribution in [0.15, 0.2) is 29.3 Å². The molecule has 1 aromatic carbocycles. The number of hydrogen-bond donors (Lipinski definition) is 2. The number of nitrogens with one attached hydrogen (secondary N) is 1. The van der Waals surface area contributed by atoms with Gasteiger partial charge >= 0.3 is 5.97 Å². The maximum absolute atomic E-state index is 11.3. The number of benzene rings is 1. The highest BCUT2D eigenvalue weighted by molar-refractivity contribution is 6.67. The van der Waals surface area contributed by atoms with E-state index in [0.29, 0.717) is 5.71 Å². The summed E-state index contributed by atoms with van der Waals surface area (Å²) in [6.07, 6.45) is 0. The van der Waals surface area contributed by atoms with Crippen LogP contribution in [0.1, 0.15) is 19.4 Å². The Hall–Kier alpha value is -2.01. The first-order chi connectivity index (χ1) is 7.98. The van der Waals surface area contributed by atoms with Crippen LogP contribution in [-0.4, -0.2) is 17.4 Å². The number of aliphatic imine (C=N–C) groups is 1. The average molecular weight is 231 g/mol. The van der Waals surface area contributed by atoms with Crippen molar-refractivity contribution in [2.24, 2.45) is 10.9 Å².